The Hall–Kier alpha value is -0.860. The van der Waals surface area contributed by atoms with Gasteiger partial charge in [-0.05, 0) is 6.42 Å². The molecular weight excluding hydrogens is 106 g/mol. The Kier molecular flexibility index (Phi) is 1.04. The Morgan fingerprint density at radius 3 is 2.12 bits per heavy atom. The number of hydrogen-bond donors (Lipinski definition) is 1. The van der Waals surface area contributed by atoms with Crippen LogP contribution in [0.15, 0.2) is 0 Å². The molecule has 1 fully saturated rings. The van der Waals surface area contributed by atoms with E-state index in [1.54, 1.807) is 0 Å². The quantitative estimate of drug-likeness (QED) is 0.374. The summed E-state index contributed by atoms with van der Waals surface area (Å²) in [7, 11) is 0. The summed E-state index contributed by atoms with van der Waals surface area (Å²) >= 11 is 0. The summed E-state index contributed by atoms with van der Waals surface area (Å²) in [5, 5.41) is 2.13. The molecule has 1 aliphatic rings. The van der Waals surface area contributed by atoms with Gasteiger partial charge in [0, 0.05) is 0 Å². The standard InChI is InChI=1S/C5H7NO2/c1-2-3-4(7)6-5(3)8/h3H,2H2,1H3,(H,6,7,8). The molecule has 0 bridgehead atoms. The van der Waals surface area contributed by atoms with E-state index in [1.807, 2.05) is 6.92 Å². The zero-order valence-electron chi connectivity index (χ0n) is 4.60. The van der Waals surface area contributed by atoms with Crippen LogP contribution in [0.1, 0.15) is 13.3 Å². The molecule has 0 radical (unpaired) electrons. The summed E-state index contributed by atoms with van der Waals surface area (Å²) in [5.74, 6) is -0.593. The molecule has 1 N–H and O–H groups in total. The zero-order valence-corrected chi connectivity index (χ0v) is 4.60. The third kappa shape index (κ3) is 0.510. The van der Waals surface area contributed by atoms with E-state index in [-0.39, 0.29) is 17.7 Å². The van der Waals surface area contributed by atoms with Crippen molar-refractivity contribution in [1.82, 2.24) is 5.32 Å². The molecule has 0 aliphatic carbocycles. The molecule has 3 heteroatoms. The Morgan fingerprint density at radius 2 is 2.00 bits per heavy atom. The highest BCUT2D eigenvalue weighted by Gasteiger charge is 2.35. The summed E-state index contributed by atoms with van der Waals surface area (Å²) < 4.78 is 0. The fraction of sp³-hybridized carbons (Fsp3) is 0.600. The average Bonchev–Trinajstić information content (AvgIpc) is 1.67. The lowest BCUT2D eigenvalue weighted by Gasteiger charge is -2.21. The summed E-state index contributed by atoms with van der Waals surface area (Å²) in [5.41, 5.74) is 0. The lowest BCUT2D eigenvalue weighted by Crippen LogP contribution is -2.53. The molecule has 1 rings (SSSR count). The van der Waals surface area contributed by atoms with Crippen molar-refractivity contribution in [2.75, 3.05) is 0 Å². The third-order valence-electron chi connectivity index (χ3n) is 1.29. The summed E-state index contributed by atoms with van der Waals surface area (Å²) in [6, 6.07) is 0. The Labute approximate surface area is 47.1 Å². The van der Waals surface area contributed by atoms with Crippen molar-refractivity contribution in [3.63, 3.8) is 0 Å². The molecule has 0 atom stereocenters. The van der Waals surface area contributed by atoms with Gasteiger partial charge < -0.3 is 0 Å². The van der Waals surface area contributed by atoms with E-state index in [2.05, 4.69) is 5.32 Å². The van der Waals surface area contributed by atoms with Crippen molar-refractivity contribution in [1.29, 1.82) is 0 Å². The minimum absolute atomic E-state index is 0.127. The molecule has 0 aromatic carbocycles. The smallest absolute Gasteiger partial charge is 0.239 e. The molecule has 3 nitrogen and oxygen atoms in total. The fourth-order valence-corrected chi connectivity index (χ4v) is 0.708. The van der Waals surface area contributed by atoms with E-state index in [9.17, 15) is 9.59 Å². The van der Waals surface area contributed by atoms with E-state index in [1.165, 1.54) is 0 Å². The van der Waals surface area contributed by atoms with Gasteiger partial charge in [0.1, 0.15) is 5.92 Å². The Bertz CT molecular complexity index is 127. The van der Waals surface area contributed by atoms with E-state index < -0.39 is 0 Å². The predicted molar refractivity (Wildman–Crippen MR) is 26.9 cm³/mol. The third-order valence-corrected chi connectivity index (χ3v) is 1.29. The fourth-order valence-electron chi connectivity index (χ4n) is 0.708. The van der Waals surface area contributed by atoms with Gasteiger partial charge in [-0.3, -0.25) is 14.9 Å². The lowest BCUT2D eigenvalue weighted by atomic mass is 9.98. The van der Waals surface area contributed by atoms with Crippen LogP contribution >= 0.6 is 0 Å². The molecule has 1 aliphatic heterocycles. The van der Waals surface area contributed by atoms with Crippen LogP contribution in [0.5, 0.6) is 0 Å². The summed E-state index contributed by atoms with van der Waals surface area (Å²) in [6.07, 6.45) is 0.630. The first kappa shape index (κ1) is 5.28. The normalized spacial score (nSPS) is 20.1. The van der Waals surface area contributed by atoms with Gasteiger partial charge in [-0.25, -0.2) is 0 Å². The topological polar surface area (TPSA) is 46.2 Å². The van der Waals surface area contributed by atoms with Crippen LogP contribution in [0.3, 0.4) is 0 Å². The predicted octanol–water partition coefficient (Wildman–Crippen LogP) is -0.331. The highest BCUT2D eigenvalue weighted by Crippen LogP contribution is 2.10. The van der Waals surface area contributed by atoms with Crippen LogP contribution < -0.4 is 5.32 Å². The van der Waals surface area contributed by atoms with Gasteiger partial charge in [0.25, 0.3) is 0 Å². The molecule has 1 saturated heterocycles. The molecule has 0 aromatic heterocycles. The first-order valence-corrected chi connectivity index (χ1v) is 2.60. The van der Waals surface area contributed by atoms with E-state index in [4.69, 9.17) is 0 Å². The van der Waals surface area contributed by atoms with Crippen molar-refractivity contribution in [2.24, 2.45) is 5.92 Å². The first-order chi connectivity index (χ1) is 3.75. The maximum Gasteiger partial charge on any atom is 0.239 e. The van der Waals surface area contributed by atoms with Crippen molar-refractivity contribution in [2.45, 2.75) is 13.3 Å². The Morgan fingerprint density at radius 1 is 1.50 bits per heavy atom. The number of β-lactam (4-membered cyclic amide) rings is 2. The second-order valence-electron chi connectivity index (χ2n) is 1.81. The molecule has 0 unspecified atom stereocenters. The lowest BCUT2D eigenvalue weighted by molar-refractivity contribution is -0.148. The van der Waals surface area contributed by atoms with Gasteiger partial charge in [-0.1, -0.05) is 6.92 Å². The number of carbonyl (C=O) groups is 2. The minimum Gasteiger partial charge on any atom is -0.295 e. The number of rotatable bonds is 1. The van der Waals surface area contributed by atoms with Gasteiger partial charge in [0.05, 0.1) is 0 Å². The molecule has 2 amide bonds. The van der Waals surface area contributed by atoms with Gasteiger partial charge in [-0.15, -0.1) is 0 Å². The highest BCUT2D eigenvalue weighted by atomic mass is 16.2. The molecule has 8 heavy (non-hydrogen) atoms. The molecule has 0 spiro atoms. The molecule has 0 saturated carbocycles. The second-order valence-corrected chi connectivity index (χ2v) is 1.81. The summed E-state index contributed by atoms with van der Waals surface area (Å²) in [4.78, 5) is 20.7. The van der Waals surface area contributed by atoms with Gasteiger partial charge in [0.2, 0.25) is 11.8 Å². The largest absolute Gasteiger partial charge is 0.295 e. The second kappa shape index (κ2) is 1.58. The molecule has 1 heterocycles. The van der Waals surface area contributed by atoms with Crippen molar-refractivity contribution in [3.05, 3.63) is 0 Å². The minimum atomic E-state index is -0.338. The van der Waals surface area contributed by atoms with Crippen molar-refractivity contribution < 1.29 is 9.59 Å². The van der Waals surface area contributed by atoms with Crippen molar-refractivity contribution >= 4 is 11.8 Å². The number of hydrogen-bond acceptors (Lipinski definition) is 2. The van der Waals surface area contributed by atoms with Gasteiger partial charge in [0.15, 0.2) is 0 Å². The van der Waals surface area contributed by atoms with Gasteiger partial charge >= 0.3 is 0 Å². The summed E-state index contributed by atoms with van der Waals surface area (Å²) in [6.45, 7) is 1.82. The number of nitrogens with one attached hydrogen (secondary N) is 1. The monoisotopic (exact) mass is 113 g/mol. The van der Waals surface area contributed by atoms with Crippen molar-refractivity contribution in [3.8, 4) is 0 Å². The highest BCUT2D eigenvalue weighted by molar-refractivity contribution is 6.17. The van der Waals surface area contributed by atoms with Crippen LogP contribution in [-0.4, -0.2) is 11.8 Å². The number of carbonyl (C=O) groups excluding carboxylic acids is 2. The van der Waals surface area contributed by atoms with Crippen LogP contribution in [-0.2, 0) is 9.59 Å². The van der Waals surface area contributed by atoms with E-state index in [0.29, 0.717) is 6.42 Å². The maximum atomic E-state index is 10.3. The number of amides is 2. The SMILES string of the molecule is CCC1C(=O)NC1=O. The van der Waals surface area contributed by atoms with Crippen LogP contribution in [0.4, 0.5) is 0 Å². The Balaban J connectivity index is 2.52. The van der Waals surface area contributed by atoms with Crippen LogP contribution in [0, 0.1) is 5.92 Å². The van der Waals surface area contributed by atoms with Crippen LogP contribution in [0.25, 0.3) is 0 Å². The molecule has 0 aromatic rings. The average molecular weight is 113 g/mol. The maximum absolute atomic E-state index is 10.3. The van der Waals surface area contributed by atoms with Gasteiger partial charge in [-0.2, -0.15) is 0 Å². The van der Waals surface area contributed by atoms with E-state index >= 15 is 0 Å². The first-order valence-electron chi connectivity index (χ1n) is 2.60. The number of imide groups is 1. The van der Waals surface area contributed by atoms with Crippen LogP contribution in [0.2, 0.25) is 0 Å². The molecule has 44 valence electrons. The zero-order chi connectivity index (χ0) is 6.15. The van der Waals surface area contributed by atoms with E-state index in [0.717, 1.165) is 0 Å². The molecular formula is C5H7NO2.